The van der Waals surface area contributed by atoms with Gasteiger partial charge in [-0.05, 0) is 31.2 Å². The summed E-state index contributed by atoms with van der Waals surface area (Å²) in [5.41, 5.74) is 4.19. The Kier molecular flexibility index (Phi) is 5.65. The summed E-state index contributed by atoms with van der Waals surface area (Å²) in [5.74, 6) is 7.16. The number of rotatable bonds is 6. The highest BCUT2D eigenvalue weighted by molar-refractivity contribution is 6.38. The fourth-order valence-corrected chi connectivity index (χ4v) is 3.30. The van der Waals surface area contributed by atoms with Crippen molar-refractivity contribution in [1.82, 2.24) is 9.55 Å². The van der Waals surface area contributed by atoms with E-state index in [1.165, 1.54) is 0 Å². The zero-order chi connectivity index (χ0) is 20.9. The summed E-state index contributed by atoms with van der Waals surface area (Å²) in [6, 6.07) is 13.6. The molecule has 1 aliphatic heterocycles. The number of anilines is 1. The molecule has 8 heteroatoms. The first-order valence-corrected chi connectivity index (χ1v) is 9.64. The summed E-state index contributed by atoms with van der Waals surface area (Å²) in [6.45, 7) is 3.12. The summed E-state index contributed by atoms with van der Waals surface area (Å²) in [4.78, 5) is 8.76. The van der Waals surface area contributed by atoms with Crippen LogP contribution < -0.4 is 20.6 Å². The Hall–Kier alpha value is -3.81. The van der Waals surface area contributed by atoms with Gasteiger partial charge in [0.1, 0.15) is 23.3 Å². The molecule has 3 N–H and O–H groups in total. The Balaban J connectivity index is 1.46. The minimum atomic E-state index is -0.0587. The van der Waals surface area contributed by atoms with Gasteiger partial charge >= 0.3 is 0 Å². The van der Waals surface area contributed by atoms with Gasteiger partial charge < -0.3 is 25.2 Å². The standard InChI is InChI=1S/C22H24N6O2/c1-15-13-28(14-26-15)20-8-7-16(9-22(20)29-2)19(27-23)12-24-10-17-11-25-18-5-3-4-6-21(18)30-17/h3-9,12-14,17,25H,10-11,23H2,1-2H3/b24-12?,27-19+. The molecular formula is C22H24N6O2. The lowest BCUT2D eigenvalue weighted by atomic mass is 10.1. The lowest BCUT2D eigenvalue weighted by molar-refractivity contribution is 0.215. The van der Waals surface area contributed by atoms with Gasteiger partial charge in [0.05, 0.1) is 43.6 Å². The first-order valence-electron chi connectivity index (χ1n) is 9.64. The number of nitrogens with zero attached hydrogens (tertiary/aromatic N) is 4. The maximum Gasteiger partial charge on any atom is 0.143 e. The topological polar surface area (TPSA) is 99.0 Å². The lowest BCUT2D eigenvalue weighted by Gasteiger charge is -2.26. The van der Waals surface area contributed by atoms with Gasteiger partial charge in [-0.25, -0.2) is 4.98 Å². The van der Waals surface area contributed by atoms with E-state index >= 15 is 0 Å². The zero-order valence-electron chi connectivity index (χ0n) is 16.9. The summed E-state index contributed by atoms with van der Waals surface area (Å²) >= 11 is 0. The number of aromatic nitrogens is 2. The second-order valence-corrected chi connectivity index (χ2v) is 6.93. The van der Waals surface area contributed by atoms with E-state index in [0.717, 1.165) is 28.4 Å². The first kappa shape index (κ1) is 19.5. The van der Waals surface area contributed by atoms with Crippen LogP contribution in [0.5, 0.6) is 11.5 Å². The number of methoxy groups -OCH3 is 1. The number of aryl methyl sites for hydroxylation is 1. The van der Waals surface area contributed by atoms with Crippen LogP contribution in [0.4, 0.5) is 5.69 Å². The summed E-state index contributed by atoms with van der Waals surface area (Å²) < 4.78 is 13.5. The molecule has 0 fully saturated rings. The minimum absolute atomic E-state index is 0.0587. The lowest BCUT2D eigenvalue weighted by Crippen LogP contribution is -2.33. The Morgan fingerprint density at radius 3 is 3.00 bits per heavy atom. The molecule has 30 heavy (non-hydrogen) atoms. The number of benzene rings is 2. The molecule has 0 aliphatic carbocycles. The monoisotopic (exact) mass is 404 g/mol. The number of hydrogen-bond acceptors (Lipinski definition) is 7. The predicted molar refractivity (Wildman–Crippen MR) is 118 cm³/mol. The molecule has 1 atom stereocenters. The van der Waals surface area contributed by atoms with Gasteiger partial charge in [-0.1, -0.05) is 18.2 Å². The van der Waals surface area contributed by atoms with Crippen LogP contribution in [0.3, 0.4) is 0 Å². The van der Waals surface area contributed by atoms with Crippen LogP contribution in [0.1, 0.15) is 11.3 Å². The second kappa shape index (κ2) is 8.69. The average Bonchev–Trinajstić information content (AvgIpc) is 3.22. The van der Waals surface area contributed by atoms with E-state index in [-0.39, 0.29) is 6.10 Å². The van der Waals surface area contributed by atoms with Crippen molar-refractivity contribution in [1.29, 1.82) is 0 Å². The minimum Gasteiger partial charge on any atom is -0.495 e. The van der Waals surface area contributed by atoms with E-state index in [1.807, 2.05) is 60.2 Å². The van der Waals surface area contributed by atoms with Crippen molar-refractivity contribution in [2.45, 2.75) is 13.0 Å². The van der Waals surface area contributed by atoms with Crippen LogP contribution >= 0.6 is 0 Å². The molecule has 0 saturated heterocycles. The summed E-state index contributed by atoms with van der Waals surface area (Å²) in [5, 5.41) is 7.25. The maximum atomic E-state index is 5.98. The third kappa shape index (κ3) is 4.12. The van der Waals surface area contributed by atoms with Gasteiger partial charge in [0.2, 0.25) is 0 Å². The highest BCUT2D eigenvalue weighted by atomic mass is 16.5. The molecule has 154 valence electrons. The van der Waals surface area contributed by atoms with Crippen LogP contribution in [0.15, 0.2) is 65.1 Å². The molecule has 4 rings (SSSR count). The van der Waals surface area contributed by atoms with Gasteiger partial charge in [-0.15, -0.1) is 0 Å². The zero-order valence-corrected chi connectivity index (χ0v) is 16.9. The Morgan fingerprint density at radius 2 is 2.23 bits per heavy atom. The third-order valence-corrected chi connectivity index (χ3v) is 4.83. The Bertz CT molecular complexity index is 1090. The SMILES string of the molecule is COc1cc(/C(C=NCC2CNc3ccccc3O2)=N/N)ccc1-n1cnc(C)c1. The summed E-state index contributed by atoms with van der Waals surface area (Å²) in [6.07, 6.45) is 5.30. The fraction of sp³-hybridized carbons (Fsp3) is 0.227. The number of nitrogens with two attached hydrogens (primary N) is 1. The van der Waals surface area contributed by atoms with Crippen molar-refractivity contribution in [3.63, 3.8) is 0 Å². The van der Waals surface area contributed by atoms with Gasteiger partial charge in [0, 0.05) is 18.0 Å². The normalized spacial score (nSPS) is 16.1. The van der Waals surface area contributed by atoms with E-state index in [1.54, 1.807) is 19.7 Å². The molecule has 1 unspecified atom stereocenters. The number of aliphatic imine (C=N–C) groups is 1. The van der Waals surface area contributed by atoms with Crippen molar-refractivity contribution >= 4 is 17.6 Å². The highest BCUT2D eigenvalue weighted by Gasteiger charge is 2.18. The molecule has 0 radical (unpaired) electrons. The maximum absolute atomic E-state index is 5.98. The molecule has 1 aliphatic rings. The Labute approximate surface area is 175 Å². The number of hydrogen-bond donors (Lipinski definition) is 2. The van der Waals surface area contributed by atoms with E-state index in [9.17, 15) is 0 Å². The second-order valence-electron chi connectivity index (χ2n) is 6.93. The van der Waals surface area contributed by atoms with Crippen LogP contribution in [-0.2, 0) is 0 Å². The van der Waals surface area contributed by atoms with Gasteiger partial charge in [-0.2, -0.15) is 5.10 Å². The van der Waals surface area contributed by atoms with Crippen molar-refractivity contribution in [3.8, 4) is 17.2 Å². The quantitative estimate of drug-likeness (QED) is 0.374. The molecule has 3 aromatic rings. The molecule has 8 nitrogen and oxygen atoms in total. The van der Waals surface area contributed by atoms with Crippen molar-refractivity contribution in [2.24, 2.45) is 15.9 Å². The molecule has 0 amide bonds. The Morgan fingerprint density at radius 1 is 1.37 bits per heavy atom. The van der Waals surface area contributed by atoms with E-state index < -0.39 is 0 Å². The van der Waals surface area contributed by atoms with E-state index in [4.69, 9.17) is 15.3 Å². The fourth-order valence-electron chi connectivity index (χ4n) is 3.30. The number of ether oxygens (including phenoxy) is 2. The third-order valence-electron chi connectivity index (χ3n) is 4.83. The van der Waals surface area contributed by atoms with Gasteiger partial charge in [0.15, 0.2) is 0 Å². The van der Waals surface area contributed by atoms with Crippen LogP contribution in [0, 0.1) is 6.92 Å². The van der Waals surface area contributed by atoms with Crippen LogP contribution in [-0.4, -0.2) is 47.8 Å². The number of nitrogens with one attached hydrogen (secondary N) is 1. The smallest absolute Gasteiger partial charge is 0.143 e. The molecular weight excluding hydrogens is 380 g/mol. The highest BCUT2D eigenvalue weighted by Crippen LogP contribution is 2.28. The predicted octanol–water partition coefficient (Wildman–Crippen LogP) is 2.80. The first-order chi connectivity index (χ1) is 14.7. The number of fused-ring (bicyclic) bond motifs is 1. The van der Waals surface area contributed by atoms with Crippen molar-refractivity contribution in [3.05, 3.63) is 66.2 Å². The molecule has 0 saturated carbocycles. The summed E-state index contributed by atoms with van der Waals surface area (Å²) in [7, 11) is 1.63. The van der Waals surface area contributed by atoms with Crippen LogP contribution in [0.25, 0.3) is 5.69 Å². The average molecular weight is 404 g/mol. The van der Waals surface area contributed by atoms with Crippen LogP contribution in [0.2, 0.25) is 0 Å². The van der Waals surface area contributed by atoms with E-state index in [2.05, 4.69) is 20.4 Å². The molecule has 0 spiro atoms. The number of para-hydroxylation sites is 2. The largest absolute Gasteiger partial charge is 0.495 e. The van der Waals surface area contributed by atoms with Crippen molar-refractivity contribution < 1.29 is 9.47 Å². The molecule has 2 heterocycles. The number of hydrazone groups is 1. The van der Waals surface area contributed by atoms with Gasteiger partial charge in [0.25, 0.3) is 0 Å². The number of imidazole rings is 1. The molecule has 1 aromatic heterocycles. The van der Waals surface area contributed by atoms with E-state index in [0.29, 0.717) is 24.6 Å². The molecule has 0 bridgehead atoms. The van der Waals surface area contributed by atoms with Crippen molar-refractivity contribution in [2.75, 3.05) is 25.5 Å². The molecule has 2 aromatic carbocycles. The van der Waals surface area contributed by atoms with Gasteiger partial charge in [-0.3, -0.25) is 4.99 Å².